The number of likely N-dealkylation sites (tertiary alicyclic amines) is 1. The zero-order valence-corrected chi connectivity index (χ0v) is 26.5. The fraction of sp³-hybridized carbons (Fsp3) is 0.375. The van der Waals surface area contributed by atoms with Gasteiger partial charge in [-0.2, -0.15) is 0 Å². The van der Waals surface area contributed by atoms with Gasteiger partial charge in [-0.15, -0.1) is 0 Å². The van der Waals surface area contributed by atoms with Crippen LogP contribution in [0.2, 0.25) is 0 Å². The summed E-state index contributed by atoms with van der Waals surface area (Å²) in [6.07, 6.45) is -0.216. The van der Waals surface area contributed by atoms with Gasteiger partial charge in [0.15, 0.2) is 9.84 Å². The summed E-state index contributed by atoms with van der Waals surface area (Å²) in [4.78, 5) is 27.3. The Labute approximate surface area is 263 Å². The zero-order chi connectivity index (χ0) is 33.4. The lowest BCUT2D eigenvalue weighted by molar-refractivity contribution is 0.0124. The number of rotatable bonds is 7. The second-order valence-corrected chi connectivity index (χ2v) is 14.5. The smallest absolute Gasteiger partial charge is 0.410 e. The molecule has 0 aliphatic carbocycles. The van der Waals surface area contributed by atoms with Gasteiger partial charge in [0, 0.05) is 41.8 Å². The number of nitrogens with zero attached hydrogens (tertiary/aromatic N) is 4. The molecule has 1 N–H and O–H groups in total. The third-order valence-corrected chi connectivity index (χ3v) is 8.74. The number of alkyl halides is 1. The van der Waals surface area contributed by atoms with E-state index in [-0.39, 0.29) is 36.6 Å². The Balaban J connectivity index is 1.30. The summed E-state index contributed by atoms with van der Waals surface area (Å²) in [5, 5.41) is 3.10. The van der Waals surface area contributed by atoms with E-state index in [1.807, 2.05) is 0 Å². The van der Waals surface area contributed by atoms with Crippen molar-refractivity contribution in [3.05, 3.63) is 82.8 Å². The van der Waals surface area contributed by atoms with Crippen LogP contribution >= 0.6 is 0 Å². The van der Waals surface area contributed by atoms with Gasteiger partial charge in [0.2, 0.25) is 5.95 Å². The number of benzene rings is 2. The predicted molar refractivity (Wildman–Crippen MR) is 165 cm³/mol. The van der Waals surface area contributed by atoms with E-state index in [0.29, 0.717) is 33.9 Å². The number of fused-ring (bicyclic) bond motifs is 1. The molecular formula is C32H33F4N5O4S. The van der Waals surface area contributed by atoms with Crippen LogP contribution in [-0.2, 0) is 26.1 Å². The van der Waals surface area contributed by atoms with Gasteiger partial charge < -0.3 is 15.0 Å². The van der Waals surface area contributed by atoms with Crippen molar-refractivity contribution in [1.82, 2.24) is 19.9 Å². The maximum atomic E-state index is 15.1. The minimum absolute atomic E-state index is 0.0646. The van der Waals surface area contributed by atoms with E-state index < -0.39 is 62.7 Å². The van der Waals surface area contributed by atoms with Crippen LogP contribution < -0.4 is 5.32 Å². The number of nitrogens with one attached hydrogen (secondary N) is 1. The van der Waals surface area contributed by atoms with Gasteiger partial charge in [0.1, 0.15) is 34.7 Å². The molecule has 1 aliphatic heterocycles. The summed E-state index contributed by atoms with van der Waals surface area (Å²) in [5.74, 6) is -3.76. The summed E-state index contributed by atoms with van der Waals surface area (Å²) in [5.41, 5.74) is 1.38. The lowest BCUT2D eigenvalue weighted by Crippen LogP contribution is -2.51. The Morgan fingerprint density at radius 2 is 1.67 bits per heavy atom. The third-order valence-electron chi connectivity index (χ3n) is 7.24. The number of sulfone groups is 1. The number of aromatic nitrogens is 3. The van der Waals surface area contributed by atoms with Crippen LogP contribution in [0.4, 0.5) is 28.3 Å². The topological polar surface area (TPSA) is 114 Å². The van der Waals surface area contributed by atoms with Gasteiger partial charge in [-0.25, -0.2) is 45.7 Å². The first-order chi connectivity index (χ1) is 21.5. The van der Waals surface area contributed by atoms with Crippen LogP contribution in [-0.4, -0.2) is 65.3 Å². The van der Waals surface area contributed by atoms with Crippen molar-refractivity contribution in [1.29, 1.82) is 0 Å². The monoisotopic (exact) mass is 659 g/mol. The van der Waals surface area contributed by atoms with E-state index in [1.54, 1.807) is 33.8 Å². The first kappa shape index (κ1) is 33.0. The number of amides is 1. The summed E-state index contributed by atoms with van der Waals surface area (Å²) < 4.78 is 87.5. The molecule has 46 heavy (non-hydrogen) atoms. The molecule has 4 aromatic rings. The minimum Gasteiger partial charge on any atom is -0.444 e. The summed E-state index contributed by atoms with van der Waals surface area (Å²) in [6.45, 7) is 7.15. The number of carbonyl (C=O) groups is 1. The molecule has 1 saturated heterocycles. The fourth-order valence-corrected chi connectivity index (χ4v) is 6.71. The first-order valence-corrected chi connectivity index (χ1v) is 16.3. The SMILES string of the molecule is Cc1cc(-c2ccc(CS(=O)(=O)Cc3ccc(F)cc3F)c(F)c2)nc2cnc(N[C@H]3C[C@H](F)CN(C(=O)OC(C)(C)C)C3)nc12. The number of hydrogen-bond donors (Lipinski definition) is 1. The highest BCUT2D eigenvalue weighted by Crippen LogP contribution is 2.27. The molecule has 14 heteroatoms. The van der Waals surface area contributed by atoms with Gasteiger partial charge >= 0.3 is 6.09 Å². The molecule has 244 valence electrons. The lowest BCUT2D eigenvalue weighted by atomic mass is 10.0. The molecule has 1 fully saturated rings. The van der Waals surface area contributed by atoms with Crippen molar-refractivity contribution >= 4 is 32.9 Å². The lowest BCUT2D eigenvalue weighted by Gasteiger charge is -2.36. The molecule has 0 radical (unpaired) electrons. The van der Waals surface area contributed by atoms with Crippen molar-refractivity contribution in [2.75, 3.05) is 18.4 Å². The van der Waals surface area contributed by atoms with Crippen LogP contribution in [0.5, 0.6) is 0 Å². The van der Waals surface area contributed by atoms with Crippen LogP contribution in [0, 0.1) is 24.4 Å². The average Bonchev–Trinajstić information content (AvgIpc) is 2.94. The molecule has 2 aromatic heterocycles. The molecule has 2 aromatic carbocycles. The number of aryl methyl sites for hydroxylation is 1. The number of carbonyl (C=O) groups excluding carboxylic acids is 1. The van der Waals surface area contributed by atoms with Crippen molar-refractivity contribution in [3.8, 4) is 11.3 Å². The van der Waals surface area contributed by atoms with E-state index in [0.717, 1.165) is 12.1 Å². The standard InChI is InChI=1S/C32H33F4N5O4S/c1-18-9-27(19-5-6-20(25(35)10-19)16-46(43,44)17-21-7-8-22(33)12-26(21)36)39-28-13-37-30(40-29(18)28)38-24-11-23(34)14-41(15-24)31(42)45-32(2,3)4/h5-10,12-13,23-24H,11,14-17H2,1-4H3,(H,37,38,40)/t23-,24-/m0/s1. The third kappa shape index (κ3) is 8.08. The zero-order valence-electron chi connectivity index (χ0n) is 25.7. The second-order valence-electron chi connectivity index (χ2n) is 12.4. The normalized spacial score (nSPS) is 17.3. The van der Waals surface area contributed by atoms with Gasteiger partial charge in [-0.1, -0.05) is 18.2 Å². The van der Waals surface area contributed by atoms with Crippen LogP contribution in [0.3, 0.4) is 0 Å². The minimum atomic E-state index is -3.98. The number of piperidine rings is 1. The largest absolute Gasteiger partial charge is 0.444 e. The van der Waals surface area contributed by atoms with Gasteiger partial charge in [-0.3, -0.25) is 0 Å². The number of anilines is 1. The molecule has 1 aliphatic rings. The summed E-state index contributed by atoms with van der Waals surface area (Å²) in [6, 6.07) is 7.88. The highest BCUT2D eigenvalue weighted by molar-refractivity contribution is 7.89. The maximum absolute atomic E-state index is 15.1. The van der Waals surface area contributed by atoms with Crippen molar-refractivity contribution in [3.63, 3.8) is 0 Å². The Morgan fingerprint density at radius 3 is 2.33 bits per heavy atom. The maximum Gasteiger partial charge on any atom is 0.410 e. The highest BCUT2D eigenvalue weighted by Gasteiger charge is 2.33. The first-order valence-electron chi connectivity index (χ1n) is 14.5. The van der Waals surface area contributed by atoms with Crippen molar-refractivity contribution in [2.45, 2.75) is 63.4 Å². The molecule has 9 nitrogen and oxygen atoms in total. The Morgan fingerprint density at radius 1 is 1.00 bits per heavy atom. The number of halogens is 4. The molecular weight excluding hydrogens is 626 g/mol. The Kier molecular flexibility index (Phi) is 9.21. The molecule has 2 atom stereocenters. The molecule has 0 saturated carbocycles. The van der Waals surface area contributed by atoms with E-state index in [2.05, 4.69) is 20.3 Å². The molecule has 0 bridgehead atoms. The highest BCUT2D eigenvalue weighted by atomic mass is 32.2. The van der Waals surface area contributed by atoms with Crippen molar-refractivity contribution < 1.29 is 35.5 Å². The van der Waals surface area contributed by atoms with E-state index >= 15 is 4.39 Å². The molecule has 0 spiro atoms. The molecule has 0 unspecified atom stereocenters. The van der Waals surface area contributed by atoms with E-state index in [4.69, 9.17) is 4.74 Å². The fourth-order valence-electron chi connectivity index (χ4n) is 5.19. The molecule has 3 heterocycles. The second kappa shape index (κ2) is 12.8. The molecule has 5 rings (SSSR count). The molecule has 1 amide bonds. The van der Waals surface area contributed by atoms with Crippen LogP contribution in [0.25, 0.3) is 22.3 Å². The van der Waals surface area contributed by atoms with E-state index in [9.17, 15) is 26.4 Å². The van der Waals surface area contributed by atoms with Gasteiger partial charge in [-0.05, 0) is 51.5 Å². The average molecular weight is 660 g/mol. The van der Waals surface area contributed by atoms with Gasteiger partial charge in [0.05, 0.1) is 35.5 Å². The van der Waals surface area contributed by atoms with Gasteiger partial charge in [0.25, 0.3) is 0 Å². The number of ether oxygens (including phenoxy) is 1. The Hall–Kier alpha value is -4.33. The summed E-state index contributed by atoms with van der Waals surface area (Å²) in [7, 11) is -3.98. The van der Waals surface area contributed by atoms with Crippen molar-refractivity contribution in [2.24, 2.45) is 0 Å². The van der Waals surface area contributed by atoms with E-state index in [1.165, 1.54) is 29.3 Å². The number of pyridine rings is 1. The predicted octanol–water partition coefficient (Wildman–Crippen LogP) is 6.29. The van der Waals surface area contributed by atoms with Crippen LogP contribution in [0.15, 0.2) is 48.7 Å². The number of hydrogen-bond acceptors (Lipinski definition) is 8. The Bertz CT molecular complexity index is 1900. The summed E-state index contributed by atoms with van der Waals surface area (Å²) >= 11 is 0. The quantitative estimate of drug-likeness (QED) is 0.230. The van der Waals surface area contributed by atoms with Crippen LogP contribution in [0.1, 0.15) is 43.9 Å².